The van der Waals surface area contributed by atoms with Crippen molar-refractivity contribution in [1.29, 1.82) is 0 Å². The molecular weight excluding hydrogens is 334 g/mol. The number of anilines is 2. The number of hydrogen-bond acceptors (Lipinski definition) is 6. The third kappa shape index (κ3) is 3.18. The molecule has 7 nitrogen and oxygen atoms in total. The Morgan fingerprint density at radius 3 is 2.42 bits per heavy atom. The third-order valence-corrected chi connectivity index (χ3v) is 4.38. The predicted octanol–water partition coefficient (Wildman–Crippen LogP) is 1.33. The largest absolute Gasteiger partial charge is 0.368 e. The van der Waals surface area contributed by atoms with Gasteiger partial charge in [-0.2, -0.15) is 0 Å². The monoisotopic (exact) mass is 343 g/mol. The Hall–Kier alpha value is -1.74. The molecule has 0 spiro atoms. The summed E-state index contributed by atoms with van der Waals surface area (Å²) < 4.78 is 27.2. The van der Waals surface area contributed by atoms with Gasteiger partial charge in [0, 0.05) is 10.7 Å². The molecule has 0 saturated heterocycles. The van der Waals surface area contributed by atoms with Gasteiger partial charge in [-0.15, -0.1) is 0 Å². The standard InChI is InChI=1S/C10H10BrN5O2S/c1-6-2-9(13-5-8(6)11)16-19(17,18)7-3-14-10(12)15-4-7/h2-5H,1H3,(H,13,16)(H2,12,14,15). The van der Waals surface area contributed by atoms with Crippen molar-refractivity contribution in [2.45, 2.75) is 11.8 Å². The molecular formula is C10H10BrN5O2S. The topological polar surface area (TPSA) is 111 Å². The van der Waals surface area contributed by atoms with Crippen molar-refractivity contribution in [3.8, 4) is 0 Å². The van der Waals surface area contributed by atoms with E-state index in [1.807, 2.05) is 6.92 Å². The van der Waals surface area contributed by atoms with Crippen molar-refractivity contribution in [2.24, 2.45) is 0 Å². The van der Waals surface area contributed by atoms with Crippen LogP contribution in [0.2, 0.25) is 0 Å². The minimum absolute atomic E-state index is 0.0107. The zero-order chi connectivity index (χ0) is 14.0. The van der Waals surface area contributed by atoms with Gasteiger partial charge in [0.2, 0.25) is 5.95 Å². The van der Waals surface area contributed by atoms with E-state index in [2.05, 4.69) is 35.6 Å². The molecule has 9 heteroatoms. The summed E-state index contributed by atoms with van der Waals surface area (Å²) in [5.41, 5.74) is 6.17. The maximum atomic E-state index is 12.0. The first-order valence-corrected chi connectivity index (χ1v) is 7.38. The molecule has 2 heterocycles. The second kappa shape index (κ2) is 5.10. The van der Waals surface area contributed by atoms with Crippen LogP contribution < -0.4 is 10.5 Å². The lowest BCUT2D eigenvalue weighted by molar-refractivity contribution is 0.600. The number of nitrogens with two attached hydrogens (primary N) is 1. The summed E-state index contributed by atoms with van der Waals surface area (Å²) >= 11 is 3.29. The molecule has 0 fully saturated rings. The summed E-state index contributed by atoms with van der Waals surface area (Å²) in [7, 11) is -3.77. The molecule has 0 aromatic carbocycles. The Kier molecular flexibility index (Phi) is 3.67. The minimum Gasteiger partial charge on any atom is -0.368 e. The lowest BCUT2D eigenvalue weighted by atomic mass is 10.3. The summed E-state index contributed by atoms with van der Waals surface area (Å²) in [5.74, 6) is 0.231. The van der Waals surface area contributed by atoms with Gasteiger partial charge in [-0.05, 0) is 34.5 Å². The Morgan fingerprint density at radius 1 is 1.21 bits per heavy atom. The normalized spacial score (nSPS) is 11.3. The van der Waals surface area contributed by atoms with Gasteiger partial charge in [0.15, 0.2) is 0 Å². The number of sulfonamides is 1. The smallest absolute Gasteiger partial charge is 0.266 e. The highest BCUT2D eigenvalue weighted by atomic mass is 79.9. The van der Waals surface area contributed by atoms with E-state index in [4.69, 9.17) is 5.73 Å². The molecule has 0 aliphatic carbocycles. The number of halogens is 1. The summed E-state index contributed by atoms with van der Waals surface area (Å²) in [6.07, 6.45) is 3.79. The van der Waals surface area contributed by atoms with Crippen LogP contribution in [0.1, 0.15) is 5.56 Å². The van der Waals surface area contributed by atoms with Gasteiger partial charge < -0.3 is 5.73 Å². The Bertz CT molecular complexity index is 702. The van der Waals surface area contributed by atoms with Crippen molar-refractivity contribution in [3.05, 3.63) is 34.7 Å². The van der Waals surface area contributed by atoms with E-state index in [0.29, 0.717) is 0 Å². The van der Waals surface area contributed by atoms with Gasteiger partial charge in [-0.3, -0.25) is 4.72 Å². The van der Waals surface area contributed by atoms with Crippen LogP contribution in [0, 0.1) is 6.92 Å². The lowest BCUT2D eigenvalue weighted by Gasteiger charge is -2.07. The fourth-order valence-corrected chi connectivity index (χ4v) is 2.36. The Morgan fingerprint density at radius 2 is 1.84 bits per heavy atom. The molecule has 0 aliphatic rings. The average molecular weight is 344 g/mol. The van der Waals surface area contributed by atoms with E-state index in [1.165, 1.54) is 6.20 Å². The molecule has 100 valence electrons. The molecule has 0 saturated carbocycles. The van der Waals surface area contributed by atoms with Crippen LogP contribution in [-0.4, -0.2) is 23.4 Å². The van der Waals surface area contributed by atoms with Crippen LogP contribution in [0.4, 0.5) is 11.8 Å². The van der Waals surface area contributed by atoms with Gasteiger partial charge >= 0.3 is 0 Å². The molecule has 3 N–H and O–H groups in total. The summed E-state index contributed by atoms with van der Waals surface area (Å²) in [4.78, 5) is 11.2. The molecule has 2 aromatic rings. The van der Waals surface area contributed by atoms with Crippen molar-refractivity contribution >= 4 is 37.7 Å². The fourth-order valence-electron chi connectivity index (χ4n) is 1.26. The van der Waals surface area contributed by atoms with Crippen LogP contribution in [0.5, 0.6) is 0 Å². The first-order chi connectivity index (χ1) is 8.88. The molecule has 0 bridgehead atoms. The highest BCUT2D eigenvalue weighted by Crippen LogP contribution is 2.19. The van der Waals surface area contributed by atoms with E-state index in [0.717, 1.165) is 22.4 Å². The minimum atomic E-state index is -3.77. The molecule has 0 aliphatic heterocycles. The van der Waals surface area contributed by atoms with Gasteiger partial charge in [0.25, 0.3) is 10.0 Å². The van der Waals surface area contributed by atoms with Crippen LogP contribution >= 0.6 is 15.9 Å². The molecule has 0 amide bonds. The van der Waals surface area contributed by atoms with Crippen molar-refractivity contribution in [3.63, 3.8) is 0 Å². The zero-order valence-corrected chi connectivity index (χ0v) is 12.2. The number of nitrogens with zero attached hydrogens (tertiary/aromatic N) is 3. The fraction of sp³-hybridized carbons (Fsp3) is 0.100. The van der Waals surface area contributed by atoms with Crippen molar-refractivity contribution < 1.29 is 8.42 Å². The number of pyridine rings is 1. The van der Waals surface area contributed by atoms with Crippen LogP contribution in [0.15, 0.2) is 34.0 Å². The molecule has 2 rings (SSSR count). The van der Waals surface area contributed by atoms with E-state index in [1.54, 1.807) is 6.07 Å². The van der Waals surface area contributed by atoms with Crippen molar-refractivity contribution in [1.82, 2.24) is 15.0 Å². The number of hydrogen-bond donors (Lipinski definition) is 2. The van der Waals surface area contributed by atoms with E-state index < -0.39 is 10.0 Å². The first kappa shape index (κ1) is 13.7. The molecule has 0 atom stereocenters. The number of aromatic nitrogens is 3. The maximum absolute atomic E-state index is 12.0. The molecule has 0 unspecified atom stereocenters. The second-order valence-electron chi connectivity index (χ2n) is 3.70. The number of nitrogens with one attached hydrogen (secondary N) is 1. The van der Waals surface area contributed by atoms with Crippen LogP contribution in [0.25, 0.3) is 0 Å². The van der Waals surface area contributed by atoms with Crippen LogP contribution in [0.3, 0.4) is 0 Å². The second-order valence-corrected chi connectivity index (χ2v) is 6.24. The summed E-state index contributed by atoms with van der Waals surface area (Å²) in [5, 5.41) is 0. The van der Waals surface area contributed by atoms with E-state index in [-0.39, 0.29) is 16.7 Å². The van der Waals surface area contributed by atoms with E-state index >= 15 is 0 Å². The number of aryl methyl sites for hydroxylation is 1. The lowest BCUT2D eigenvalue weighted by Crippen LogP contribution is -2.15. The SMILES string of the molecule is Cc1cc(NS(=O)(=O)c2cnc(N)nc2)ncc1Br. The van der Waals surface area contributed by atoms with Gasteiger partial charge in [0.1, 0.15) is 10.7 Å². The highest BCUT2D eigenvalue weighted by Gasteiger charge is 2.16. The quantitative estimate of drug-likeness (QED) is 0.869. The highest BCUT2D eigenvalue weighted by molar-refractivity contribution is 9.10. The molecule has 19 heavy (non-hydrogen) atoms. The summed E-state index contributed by atoms with van der Waals surface area (Å²) in [6.45, 7) is 1.83. The maximum Gasteiger partial charge on any atom is 0.266 e. The van der Waals surface area contributed by atoms with Gasteiger partial charge in [0.05, 0.1) is 12.4 Å². The Balaban J connectivity index is 2.30. The third-order valence-electron chi connectivity index (χ3n) is 2.24. The van der Waals surface area contributed by atoms with Gasteiger partial charge in [-0.1, -0.05) is 0 Å². The van der Waals surface area contributed by atoms with Crippen molar-refractivity contribution in [2.75, 3.05) is 10.5 Å². The molecule has 2 aromatic heterocycles. The summed E-state index contributed by atoms with van der Waals surface area (Å²) in [6, 6.07) is 1.61. The van der Waals surface area contributed by atoms with Gasteiger partial charge in [-0.25, -0.2) is 23.4 Å². The zero-order valence-electron chi connectivity index (χ0n) is 9.83. The first-order valence-electron chi connectivity index (χ1n) is 5.11. The predicted molar refractivity (Wildman–Crippen MR) is 73.9 cm³/mol. The number of nitrogen functional groups attached to an aromatic ring is 1. The molecule has 0 radical (unpaired) electrons. The number of rotatable bonds is 3. The van der Waals surface area contributed by atoms with E-state index in [9.17, 15) is 8.42 Å². The van der Waals surface area contributed by atoms with Crippen LogP contribution in [-0.2, 0) is 10.0 Å². The average Bonchev–Trinajstić information content (AvgIpc) is 2.34. The Labute approximate surface area is 118 Å².